The maximum atomic E-state index is 12.0. The van der Waals surface area contributed by atoms with Gasteiger partial charge in [-0.15, -0.1) is 0 Å². The van der Waals surface area contributed by atoms with Gasteiger partial charge < -0.3 is 34.1 Å². The minimum atomic E-state index is -3.98. The number of hydrogen-bond donors (Lipinski definition) is 2. The van der Waals surface area contributed by atoms with E-state index in [2.05, 4.69) is 32.2 Å². The first kappa shape index (κ1) is 45.8. The predicted octanol–water partition coefficient (Wildman–Crippen LogP) is 8.03. The number of phosphoric ester groups is 2. The number of phosphoric acid groups is 2. The van der Waals surface area contributed by atoms with Crippen LogP contribution in [0.2, 0.25) is 0 Å². The van der Waals surface area contributed by atoms with Gasteiger partial charge in [-0.25, -0.2) is 9.13 Å². The third-order valence-corrected chi connectivity index (χ3v) is 11.2. The second kappa shape index (κ2) is 21.5. The summed E-state index contributed by atoms with van der Waals surface area (Å²) in [7, 11) is -6.53. The maximum Gasteiger partial charge on any atom is 2.00 e. The molecule has 0 amide bonds. The molecule has 2 saturated carbocycles. The fraction of sp³-hybridized carbons (Fsp3) is 0.933. The molecule has 2 N–H and O–H groups in total. The zero-order valence-electron chi connectivity index (χ0n) is 28.3. The first-order valence-electron chi connectivity index (χ1n) is 15.2. The third kappa shape index (κ3) is 15.9. The van der Waals surface area contributed by atoms with Gasteiger partial charge in [0.2, 0.25) is 0 Å². The molecule has 0 aromatic rings. The van der Waals surface area contributed by atoms with E-state index in [0.29, 0.717) is 37.3 Å². The van der Waals surface area contributed by atoms with Crippen LogP contribution < -0.4 is 0 Å². The Balaban J connectivity index is 0. The predicted molar refractivity (Wildman–Crippen MR) is 168 cm³/mol. The van der Waals surface area contributed by atoms with Gasteiger partial charge in [-0.3, -0.25) is 18.1 Å². The summed E-state index contributed by atoms with van der Waals surface area (Å²) in [6, 6.07) is 0. The standard InChI is InChI=1S/C13H25O5P.C8H16O.C7H15O4P.2CH3.Fe/c1-9-10(2)17-11(3)13(9)18-19(14,15)16-8-12-6-4-5-7-12;1-5-6(2)8(4)9-7(5)3;1-10-12(8,9)11-6-7-4-2-3-5-7;;;/h9-13H,4-8H2,1-3H3,(H,14,15);5-8H,1-4H3;7H,2-6H2,1H3,(H,8,9);2*1H3;/q;;;2*-1;+2/t9?,10-,11+,13+;5?,6?,7-,8+;;;;/m0...../s1. The van der Waals surface area contributed by atoms with Gasteiger partial charge in [-0.2, -0.15) is 0 Å². The Labute approximate surface area is 273 Å². The molecule has 0 aromatic carbocycles. The molecule has 0 aromatic heterocycles. The Morgan fingerprint density at radius 1 is 0.628 bits per heavy atom. The Morgan fingerprint density at radius 2 is 0.977 bits per heavy atom. The molecule has 43 heavy (non-hydrogen) atoms. The number of hydrogen-bond acceptors (Lipinski definition) is 8. The van der Waals surface area contributed by atoms with Crippen molar-refractivity contribution in [3.63, 3.8) is 0 Å². The minimum absolute atomic E-state index is 0. The van der Waals surface area contributed by atoms with Crippen LogP contribution in [0.5, 0.6) is 0 Å². The second-order valence-electron chi connectivity index (χ2n) is 12.3. The summed E-state index contributed by atoms with van der Waals surface area (Å²) in [4.78, 5) is 18.7. The van der Waals surface area contributed by atoms with Crippen LogP contribution in [0.4, 0.5) is 0 Å². The zero-order chi connectivity index (χ0) is 30.1. The molecule has 10 atom stereocenters. The van der Waals surface area contributed by atoms with Crippen LogP contribution in [0.15, 0.2) is 0 Å². The Kier molecular flexibility index (Phi) is 22.9. The van der Waals surface area contributed by atoms with Crippen LogP contribution in [0.25, 0.3) is 0 Å². The van der Waals surface area contributed by atoms with Gasteiger partial charge in [0.05, 0.1) is 37.6 Å². The summed E-state index contributed by atoms with van der Waals surface area (Å²) in [6.07, 6.45) is 9.56. The summed E-state index contributed by atoms with van der Waals surface area (Å²) in [5.74, 6) is 2.41. The second-order valence-corrected chi connectivity index (χ2v) is 15.2. The van der Waals surface area contributed by atoms with Crippen LogP contribution in [0.1, 0.15) is 99.8 Å². The normalized spacial score (nSPS) is 35.1. The molecule has 0 radical (unpaired) electrons. The molecule has 4 fully saturated rings. The largest absolute Gasteiger partial charge is 2.00 e. The molecule has 260 valence electrons. The van der Waals surface area contributed by atoms with E-state index in [4.69, 9.17) is 27.9 Å². The smallest absolute Gasteiger partial charge is 0.375 e. The van der Waals surface area contributed by atoms with Crippen molar-refractivity contribution < 1.29 is 63.6 Å². The average molecular weight is 701 g/mol. The van der Waals surface area contributed by atoms with Crippen LogP contribution in [0.3, 0.4) is 0 Å². The maximum absolute atomic E-state index is 12.0. The van der Waals surface area contributed by atoms with E-state index < -0.39 is 15.6 Å². The zero-order valence-corrected chi connectivity index (χ0v) is 31.1. The van der Waals surface area contributed by atoms with Crippen LogP contribution in [-0.4, -0.2) is 60.6 Å². The van der Waals surface area contributed by atoms with Gasteiger partial charge in [-0.1, -0.05) is 46.5 Å². The van der Waals surface area contributed by atoms with Crippen molar-refractivity contribution in [2.24, 2.45) is 29.6 Å². The van der Waals surface area contributed by atoms with E-state index >= 15 is 0 Å². The number of rotatable bonds is 9. The van der Waals surface area contributed by atoms with E-state index in [0.717, 1.165) is 37.5 Å². The fourth-order valence-corrected chi connectivity index (χ4v) is 7.48. The molecular formula is C30H62FeO10P2. The fourth-order valence-electron chi connectivity index (χ4n) is 5.85. The first-order valence-corrected chi connectivity index (χ1v) is 18.1. The number of ether oxygens (including phenoxy) is 2. The van der Waals surface area contributed by atoms with Crippen molar-refractivity contribution in [1.82, 2.24) is 0 Å². The van der Waals surface area contributed by atoms with Crippen molar-refractivity contribution >= 4 is 15.6 Å². The summed E-state index contributed by atoms with van der Waals surface area (Å²) in [5, 5.41) is 0. The molecule has 4 aliphatic rings. The van der Waals surface area contributed by atoms with Gasteiger partial charge in [0.25, 0.3) is 0 Å². The minimum Gasteiger partial charge on any atom is -0.375 e. The monoisotopic (exact) mass is 700 g/mol. The van der Waals surface area contributed by atoms with Crippen molar-refractivity contribution in [3.8, 4) is 0 Å². The molecule has 13 heteroatoms. The molecule has 2 aliphatic heterocycles. The molecule has 10 nitrogen and oxygen atoms in total. The van der Waals surface area contributed by atoms with Crippen molar-refractivity contribution in [1.29, 1.82) is 0 Å². The SMILES string of the molecule is CC1C(C)[C@@H](C)O[C@H]1C.CC1[C@H](C)O[C@H](C)[C@@H]1OP(=O)(O)OCC1CCCC1.COP(=O)(O)OCC1CCCC1.[CH3-].[CH3-].[Fe+2]. The van der Waals surface area contributed by atoms with Gasteiger partial charge in [0, 0.05) is 13.0 Å². The quantitative estimate of drug-likeness (QED) is 0.139. The molecule has 0 spiro atoms. The van der Waals surface area contributed by atoms with Crippen LogP contribution in [0, 0.1) is 44.4 Å². The molecule has 0 bridgehead atoms. The molecule has 5 unspecified atom stereocenters. The van der Waals surface area contributed by atoms with Crippen molar-refractivity contribution in [2.45, 2.75) is 130 Å². The van der Waals surface area contributed by atoms with E-state index in [1.807, 2.05) is 20.8 Å². The van der Waals surface area contributed by atoms with E-state index in [1.165, 1.54) is 32.8 Å². The summed E-state index contributed by atoms with van der Waals surface area (Å²) in [5.41, 5.74) is 0. The molecular weight excluding hydrogens is 638 g/mol. The summed E-state index contributed by atoms with van der Waals surface area (Å²) < 4.78 is 53.5. The Morgan fingerprint density at radius 3 is 1.28 bits per heavy atom. The third-order valence-electron chi connectivity index (χ3n) is 9.27. The molecule has 2 aliphatic carbocycles. The van der Waals surface area contributed by atoms with E-state index in [9.17, 15) is 14.0 Å². The molecule has 4 rings (SSSR count). The van der Waals surface area contributed by atoms with Crippen molar-refractivity contribution in [2.75, 3.05) is 20.3 Å². The van der Waals surface area contributed by atoms with E-state index in [1.54, 1.807) is 0 Å². The van der Waals surface area contributed by atoms with Gasteiger partial charge >= 0.3 is 32.7 Å². The molecule has 2 saturated heterocycles. The van der Waals surface area contributed by atoms with E-state index in [-0.39, 0.29) is 56.2 Å². The molecule has 2 heterocycles. The summed E-state index contributed by atoms with van der Waals surface area (Å²) in [6.45, 7) is 15.3. The first-order chi connectivity index (χ1) is 18.7. The van der Waals surface area contributed by atoms with Crippen molar-refractivity contribution in [3.05, 3.63) is 14.9 Å². The topological polar surface area (TPSA) is 130 Å². The van der Waals surface area contributed by atoms with Gasteiger partial charge in [-0.05, 0) is 77.0 Å². The van der Waals surface area contributed by atoms with Gasteiger partial charge in [0.15, 0.2) is 0 Å². The summed E-state index contributed by atoms with van der Waals surface area (Å²) >= 11 is 0. The van der Waals surface area contributed by atoms with Crippen LogP contribution in [-0.2, 0) is 53.8 Å². The Bertz CT molecular complexity index is 813. The Hall–Kier alpha value is 0.659. The van der Waals surface area contributed by atoms with Gasteiger partial charge in [0.1, 0.15) is 6.10 Å². The van der Waals surface area contributed by atoms with Crippen LogP contribution >= 0.6 is 15.6 Å². The average Bonchev–Trinajstić information content (AvgIpc) is 3.70.